The Morgan fingerprint density at radius 2 is 2.19 bits per heavy atom. The zero-order valence-corrected chi connectivity index (χ0v) is 16.7. The van der Waals surface area contributed by atoms with Crippen LogP contribution in [0.4, 0.5) is 5.69 Å². The van der Waals surface area contributed by atoms with Gasteiger partial charge in [-0.3, -0.25) is 4.79 Å². The molecule has 1 unspecified atom stereocenters. The molecule has 0 aromatic heterocycles. The second-order valence-electron chi connectivity index (χ2n) is 6.37. The van der Waals surface area contributed by atoms with Crippen LogP contribution in [0.3, 0.4) is 0 Å². The van der Waals surface area contributed by atoms with E-state index in [0.717, 1.165) is 29.1 Å². The standard InChI is InChI=1S/C20H23ClN2O3.ClH/c1-14-9-18(26-12-15-3-2-4-16(21)10-15)5-6-19(14)23-20(24)11-17-13-25-8-7-22-17;/h2-6,9-10,17,22H,7-8,11-13H2,1H3,(H,23,24);1H. The first-order valence-electron chi connectivity index (χ1n) is 8.69. The van der Waals surface area contributed by atoms with Crippen LogP contribution in [-0.2, 0) is 16.1 Å². The smallest absolute Gasteiger partial charge is 0.226 e. The Balaban J connectivity index is 0.00000261. The molecule has 1 saturated heterocycles. The van der Waals surface area contributed by atoms with Crippen molar-refractivity contribution in [3.05, 3.63) is 58.6 Å². The molecule has 27 heavy (non-hydrogen) atoms. The Bertz CT molecular complexity index is 765. The number of nitrogens with one attached hydrogen (secondary N) is 2. The van der Waals surface area contributed by atoms with Crippen molar-refractivity contribution in [2.24, 2.45) is 0 Å². The van der Waals surface area contributed by atoms with Gasteiger partial charge in [0.15, 0.2) is 0 Å². The van der Waals surface area contributed by atoms with E-state index in [1.54, 1.807) is 0 Å². The summed E-state index contributed by atoms with van der Waals surface area (Å²) in [7, 11) is 0. The van der Waals surface area contributed by atoms with E-state index >= 15 is 0 Å². The van der Waals surface area contributed by atoms with Gasteiger partial charge in [-0.2, -0.15) is 0 Å². The molecule has 0 spiro atoms. The van der Waals surface area contributed by atoms with Crippen molar-refractivity contribution in [2.75, 3.05) is 25.1 Å². The lowest BCUT2D eigenvalue weighted by molar-refractivity contribution is -0.117. The molecule has 2 aromatic rings. The van der Waals surface area contributed by atoms with E-state index in [4.69, 9.17) is 21.1 Å². The fraction of sp³-hybridized carbons (Fsp3) is 0.350. The normalized spacial score (nSPS) is 16.3. The number of aryl methyl sites for hydroxylation is 1. The molecular weight excluding hydrogens is 387 g/mol. The van der Waals surface area contributed by atoms with Crippen molar-refractivity contribution in [3.8, 4) is 5.75 Å². The molecule has 146 valence electrons. The predicted octanol–water partition coefficient (Wildman–Crippen LogP) is 3.97. The molecule has 0 aliphatic carbocycles. The maximum atomic E-state index is 12.2. The van der Waals surface area contributed by atoms with Gasteiger partial charge >= 0.3 is 0 Å². The van der Waals surface area contributed by atoms with Crippen LogP contribution in [0.25, 0.3) is 0 Å². The molecular formula is C20H24Cl2N2O3. The van der Waals surface area contributed by atoms with Crippen molar-refractivity contribution < 1.29 is 14.3 Å². The Labute approximate surface area is 170 Å². The summed E-state index contributed by atoms with van der Waals surface area (Å²) in [6.45, 7) is 4.45. The van der Waals surface area contributed by atoms with Crippen molar-refractivity contribution >= 4 is 35.6 Å². The first-order valence-corrected chi connectivity index (χ1v) is 9.07. The summed E-state index contributed by atoms with van der Waals surface area (Å²) in [6, 6.07) is 13.3. The van der Waals surface area contributed by atoms with E-state index in [2.05, 4.69) is 10.6 Å². The minimum absolute atomic E-state index is 0. The van der Waals surface area contributed by atoms with Gasteiger partial charge in [-0.1, -0.05) is 23.7 Å². The largest absolute Gasteiger partial charge is 0.489 e. The number of amides is 1. The number of carbonyl (C=O) groups is 1. The number of rotatable bonds is 6. The molecule has 1 amide bonds. The van der Waals surface area contributed by atoms with Gasteiger partial charge in [0.05, 0.1) is 13.2 Å². The lowest BCUT2D eigenvalue weighted by atomic mass is 10.1. The monoisotopic (exact) mass is 410 g/mol. The number of carbonyl (C=O) groups excluding carboxylic acids is 1. The highest BCUT2D eigenvalue weighted by Crippen LogP contribution is 2.23. The third-order valence-electron chi connectivity index (χ3n) is 4.20. The molecule has 2 aromatic carbocycles. The molecule has 5 nitrogen and oxygen atoms in total. The third kappa shape index (κ3) is 6.70. The molecule has 1 atom stereocenters. The highest BCUT2D eigenvalue weighted by molar-refractivity contribution is 6.30. The van der Waals surface area contributed by atoms with E-state index in [-0.39, 0.29) is 24.4 Å². The number of halogens is 2. The van der Waals surface area contributed by atoms with Crippen LogP contribution in [-0.4, -0.2) is 31.7 Å². The lowest BCUT2D eigenvalue weighted by Crippen LogP contribution is -2.43. The van der Waals surface area contributed by atoms with Gasteiger partial charge < -0.3 is 20.1 Å². The average Bonchev–Trinajstić information content (AvgIpc) is 2.63. The van der Waals surface area contributed by atoms with Crippen LogP contribution in [0.1, 0.15) is 17.5 Å². The summed E-state index contributed by atoms with van der Waals surface area (Å²) in [5.74, 6) is 0.728. The summed E-state index contributed by atoms with van der Waals surface area (Å²) in [6.07, 6.45) is 0.395. The Morgan fingerprint density at radius 1 is 1.33 bits per heavy atom. The Hall–Kier alpha value is -1.79. The zero-order valence-electron chi connectivity index (χ0n) is 15.2. The highest BCUT2D eigenvalue weighted by atomic mass is 35.5. The summed E-state index contributed by atoms with van der Waals surface area (Å²) in [5.41, 5.74) is 2.76. The molecule has 0 bridgehead atoms. The topological polar surface area (TPSA) is 59.6 Å². The van der Waals surface area contributed by atoms with Crippen LogP contribution in [0.2, 0.25) is 5.02 Å². The van der Waals surface area contributed by atoms with Gasteiger partial charge in [-0.25, -0.2) is 0 Å². The summed E-state index contributed by atoms with van der Waals surface area (Å²) in [5, 5.41) is 6.93. The minimum Gasteiger partial charge on any atom is -0.489 e. The van der Waals surface area contributed by atoms with Crippen LogP contribution in [0.15, 0.2) is 42.5 Å². The number of ether oxygens (including phenoxy) is 2. The second-order valence-corrected chi connectivity index (χ2v) is 6.81. The molecule has 1 heterocycles. The van der Waals surface area contributed by atoms with Crippen molar-refractivity contribution in [2.45, 2.75) is 26.0 Å². The number of morpholine rings is 1. The van der Waals surface area contributed by atoms with Gasteiger partial charge in [0, 0.05) is 29.7 Å². The van der Waals surface area contributed by atoms with E-state index in [9.17, 15) is 4.79 Å². The van der Waals surface area contributed by atoms with Crippen LogP contribution >= 0.6 is 24.0 Å². The number of anilines is 1. The molecule has 1 fully saturated rings. The van der Waals surface area contributed by atoms with E-state index in [1.165, 1.54) is 0 Å². The molecule has 1 aliphatic rings. The fourth-order valence-electron chi connectivity index (χ4n) is 2.84. The summed E-state index contributed by atoms with van der Waals surface area (Å²) in [4.78, 5) is 12.2. The summed E-state index contributed by atoms with van der Waals surface area (Å²) >= 11 is 5.98. The molecule has 7 heteroatoms. The first-order chi connectivity index (χ1) is 12.6. The number of hydrogen-bond donors (Lipinski definition) is 2. The Kier molecular flexibility index (Phi) is 8.38. The number of hydrogen-bond acceptors (Lipinski definition) is 4. The van der Waals surface area contributed by atoms with Gasteiger partial charge in [0.1, 0.15) is 12.4 Å². The maximum Gasteiger partial charge on any atom is 0.226 e. The van der Waals surface area contributed by atoms with Crippen molar-refractivity contribution in [1.82, 2.24) is 5.32 Å². The minimum atomic E-state index is -0.0244. The van der Waals surface area contributed by atoms with Crippen LogP contribution < -0.4 is 15.4 Å². The first kappa shape index (κ1) is 21.5. The molecule has 0 saturated carbocycles. The Morgan fingerprint density at radius 3 is 2.89 bits per heavy atom. The quantitative estimate of drug-likeness (QED) is 0.756. The van der Waals surface area contributed by atoms with Gasteiger partial charge in [-0.05, 0) is 48.4 Å². The second kappa shape index (κ2) is 10.5. The van der Waals surface area contributed by atoms with E-state index in [0.29, 0.717) is 31.3 Å². The molecule has 1 aliphatic heterocycles. The lowest BCUT2D eigenvalue weighted by Gasteiger charge is -2.23. The SMILES string of the molecule is Cc1cc(OCc2cccc(Cl)c2)ccc1NC(=O)CC1COCCN1.Cl. The van der Waals surface area contributed by atoms with Gasteiger partial charge in [0.25, 0.3) is 0 Å². The molecule has 2 N–H and O–H groups in total. The van der Waals surface area contributed by atoms with E-state index < -0.39 is 0 Å². The van der Waals surface area contributed by atoms with E-state index in [1.807, 2.05) is 49.4 Å². The van der Waals surface area contributed by atoms with Gasteiger partial charge in [-0.15, -0.1) is 12.4 Å². The van der Waals surface area contributed by atoms with Crippen molar-refractivity contribution in [3.63, 3.8) is 0 Å². The average molecular weight is 411 g/mol. The van der Waals surface area contributed by atoms with Crippen LogP contribution in [0, 0.1) is 6.92 Å². The number of benzene rings is 2. The zero-order chi connectivity index (χ0) is 18.4. The highest BCUT2D eigenvalue weighted by Gasteiger charge is 2.17. The third-order valence-corrected chi connectivity index (χ3v) is 4.43. The summed E-state index contributed by atoms with van der Waals surface area (Å²) < 4.78 is 11.2. The fourth-order valence-corrected chi connectivity index (χ4v) is 3.05. The predicted molar refractivity (Wildman–Crippen MR) is 110 cm³/mol. The maximum absolute atomic E-state index is 12.2. The van der Waals surface area contributed by atoms with Gasteiger partial charge in [0.2, 0.25) is 5.91 Å². The van der Waals surface area contributed by atoms with Crippen molar-refractivity contribution in [1.29, 1.82) is 0 Å². The van der Waals surface area contributed by atoms with Crippen LogP contribution in [0.5, 0.6) is 5.75 Å². The molecule has 3 rings (SSSR count). The molecule has 0 radical (unpaired) electrons.